The van der Waals surface area contributed by atoms with Gasteiger partial charge >= 0.3 is 5.97 Å². The Bertz CT molecular complexity index is 440. The van der Waals surface area contributed by atoms with Crippen molar-refractivity contribution in [2.75, 3.05) is 7.11 Å². The van der Waals surface area contributed by atoms with E-state index in [1.54, 1.807) is 0 Å². The number of methoxy groups -OCH3 is 1. The number of carbonyl (C=O) groups is 1. The molecular formula is C22H39ClO4. The Labute approximate surface area is 170 Å². The zero-order valence-electron chi connectivity index (χ0n) is 17.3. The lowest BCUT2D eigenvalue weighted by Crippen LogP contribution is -2.21. The van der Waals surface area contributed by atoms with Gasteiger partial charge in [0, 0.05) is 17.7 Å². The summed E-state index contributed by atoms with van der Waals surface area (Å²) >= 11 is 6.50. The molecule has 0 bridgehead atoms. The Hall–Kier alpha value is -0.580. The molecule has 0 amide bonds. The molecule has 158 valence electrons. The van der Waals surface area contributed by atoms with Crippen LogP contribution in [0, 0.1) is 17.8 Å². The molecule has 6 atom stereocenters. The van der Waals surface area contributed by atoms with Crippen molar-refractivity contribution in [2.24, 2.45) is 17.8 Å². The molecule has 0 aromatic carbocycles. The molecule has 1 unspecified atom stereocenters. The van der Waals surface area contributed by atoms with Gasteiger partial charge in [0.25, 0.3) is 0 Å². The summed E-state index contributed by atoms with van der Waals surface area (Å²) in [5.41, 5.74) is 0. The SMILES string of the molecule is CCCCC(C)[C@H](O)/C=C/[C@@H]1[C@@H](CCCCCCC(=O)OC)[C@H](Cl)C[C@H]1O. The number of alkyl halides is 1. The van der Waals surface area contributed by atoms with Crippen LogP contribution < -0.4 is 0 Å². The van der Waals surface area contributed by atoms with E-state index in [0.717, 1.165) is 51.4 Å². The predicted octanol–water partition coefficient (Wildman–Crippen LogP) is 4.85. The van der Waals surface area contributed by atoms with Crippen molar-refractivity contribution >= 4 is 17.6 Å². The second-order valence-corrected chi connectivity index (χ2v) is 8.64. The fourth-order valence-electron chi connectivity index (χ4n) is 3.97. The zero-order chi connectivity index (χ0) is 20.2. The first-order valence-corrected chi connectivity index (χ1v) is 11.1. The number of esters is 1. The quantitative estimate of drug-likeness (QED) is 0.200. The lowest BCUT2D eigenvalue weighted by Gasteiger charge is -2.22. The van der Waals surface area contributed by atoms with Crippen LogP contribution in [0.25, 0.3) is 0 Å². The summed E-state index contributed by atoms with van der Waals surface area (Å²) in [5, 5.41) is 20.7. The minimum absolute atomic E-state index is 0.0145. The first-order valence-electron chi connectivity index (χ1n) is 10.7. The average Bonchev–Trinajstić information content (AvgIpc) is 2.92. The van der Waals surface area contributed by atoms with Gasteiger partial charge in [0.1, 0.15) is 0 Å². The molecule has 0 aromatic rings. The summed E-state index contributed by atoms with van der Waals surface area (Å²) in [6.45, 7) is 4.23. The zero-order valence-corrected chi connectivity index (χ0v) is 18.0. The van der Waals surface area contributed by atoms with Crippen LogP contribution in [0.15, 0.2) is 12.2 Å². The minimum atomic E-state index is -0.461. The fraction of sp³-hybridized carbons (Fsp3) is 0.864. The second-order valence-electron chi connectivity index (χ2n) is 8.08. The monoisotopic (exact) mass is 402 g/mol. The Morgan fingerprint density at radius 2 is 1.96 bits per heavy atom. The number of hydrogen-bond acceptors (Lipinski definition) is 4. The van der Waals surface area contributed by atoms with Crippen molar-refractivity contribution in [3.05, 3.63) is 12.2 Å². The summed E-state index contributed by atoms with van der Waals surface area (Å²) in [5.74, 6) is 0.360. The van der Waals surface area contributed by atoms with Gasteiger partial charge in [0.15, 0.2) is 0 Å². The standard InChI is InChI=1S/C22H39ClO4/c1-4-5-10-16(2)20(24)14-13-18-17(19(23)15-21(18)25)11-8-6-7-9-12-22(26)27-3/h13-14,16-21,24-25H,4-12,15H2,1-3H3/b14-13+/t16?,17-,18-,19-,20-,21-/m1/s1. The molecule has 0 saturated heterocycles. The lowest BCUT2D eigenvalue weighted by atomic mass is 9.88. The molecule has 0 aromatic heterocycles. The first-order chi connectivity index (χ1) is 12.9. The van der Waals surface area contributed by atoms with E-state index in [0.29, 0.717) is 12.8 Å². The van der Waals surface area contributed by atoms with Gasteiger partial charge in [-0.25, -0.2) is 0 Å². The maximum absolute atomic E-state index is 11.1. The third-order valence-corrected chi connectivity index (χ3v) is 6.39. The molecule has 4 nitrogen and oxygen atoms in total. The third-order valence-electron chi connectivity index (χ3n) is 5.89. The summed E-state index contributed by atoms with van der Waals surface area (Å²) in [6, 6.07) is 0. The van der Waals surface area contributed by atoms with Crippen LogP contribution >= 0.6 is 11.6 Å². The van der Waals surface area contributed by atoms with E-state index in [2.05, 4.69) is 18.6 Å². The van der Waals surface area contributed by atoms with E-state index in [9.17, 15) is 15.0 Å². The summed E-state index contributed by atoms with van der Waals surface area (Å²) in [6.07, 6.45) is 12.3. The van der Waals surface area contributed by atoms with Crippen LogP contribution in [0.3, 0.4) is 0 Å². The van der Waals surface area contributed by atoms with Gasteiger partial charge in [-0.1, -0.05) is 58.1 Å². The van der Waals surface area contributed by atoms with Gasteiger partial charge in [-0.2, -0.15) is 0 Å². The largest absolute Gasteiger partial charge is 0.469 e. The molecule has 1 aliphatic carbocycles. The second kappa shape index (κ2) is 13.6. The van der Waals surface area contributed by atoms with Crippen LogP contribution in [-0.2, 0) is 9.53 Å². The topological polar surface area (TPSA) is 66.8 Å². The van der Waals surface area contributed by atoms with Gasteiger partial charge in [0.05, 0.1) is 19.3 Å². The minimum Gasteiger partial charge on any atom is -0.469 e. The first kappa shape index (κ1) is 24.5. The van der Waals surface area contributed by atoms with E-state index in [4.69, 9.17) is 11.6 Å². The van der Waals surface area contributed by atoms with Crippen LogP contribution in [-0.4, -0.2) is 40.9 Å². The highest BCUT2D eigenvalue weighted by atomic mass is 35.5. The number of rotatable bonds is 13. The van der Waals surface area contributed by atoms with Crippen LogP contribution in [0.5, 0.6) is 0 Å². The highest BCUT2D eigenvalue weighted by Gasteiger charge is 2.39. The molecule has 5 heteroatoms. The van der Waals surface area contributed by atoms with E-state index < -0.39 is 12.2 Å². The van der Waals surface area contributed by atoms with E-state index in [1.165, 1.54) is 7.11 Å². The number of unbranched alkanes of at least 4 members (excludes halogenated alkanes) is 4. The van der Waals surface area contributed by atoms with Crippen molar-refractivity contribution < 1.29 is 19.7 Å². The van der Waals surface area contributed by atoms with Crippen molar-refractivity contribution in [3.8, 4) is 0 Å². The molecule has 0 spiro atoms. The Morgan fingerprint density at radius 3 is 2.63 bits per heavy atom. The summed E-state index contributed by atoms with van der Waals surface area (Å²) < 4.78 is 4.65. The molecule has 1 fully saturated rings. The molecule has 0 aliphatic heterocycles. The van der Waals surface area contributed by atoms with Gasteiger partial charge in [-0.3, -0.25) is 4.79 Å². The molecular weight excluding hydrogens is 364 g/mol. The smallest absolute Gasteiger partial charge is 0.305 e. The summed E-state index contributed by atoms with van der Waals surface area (Å²) in [4.78, 5) is 11.1. The van der Waals surface area contributed by atoms with E-state index in [-0.39, 0.29) is 29.1 Å². The normalized spacial score (nSPS) is 27.8. The van der Waals surface area contributed by atoms with Gasteiger partial charge < -0.3 is 14.9 Å². The highest BCUT2D eigenvalue weighted by Crippen LogP contribution is 2.40. The maximum atomic E-state index is 11.1. The predicted molar refractivity (Wildman–Crippen MR) is 111 cm³/mol. The highest BCUT2D eigenvalue weighted by molar-refractivity contribution is 6.21. The summed E-state index contributed by atoms with van der Waals surface area (Å²) in [7, 11) is 1.42. The lowest BCUT2D eigenvalue weighted by molar-refractivity contribution is -0.140. The van der Waals surface area contributed by atoms with Gasteiger partial charge in [0.2, 0.25) is 0 Å². The van der Waals surface area contributed by atoms with Gasteiger partial charge in [-0.15, -0.1) is 11.6 Å². The van der Waals surface area contributed by atoms with Crippen LogP contribution in [0.4, 0.5) is 0 Å². The molecule has 1 aliphatic rings. The maximum Gasteiger partial charge on any atom is 0.305 e. The fourth-order valence-corrected chi connectivity index (χ4v) is 4.44. The number of ether oxygens (including phenoxy) is 1. The number of halogens is 1. The third kappa shape index (κ3) is 8.97. The van der Waals surface area contributed by atoms with Crippen molar-refractivity contribution in [1.29, 1.82) is 0 Å². The molecule has 2 N–H and O–H groups in total. The van der Waals surface area contributed by atoms with Crippen molar-refractivity contribution in [3.63, 3.8) is 0 Å². The van der Waals surface area contributed by atoms with Gasteiger partial charge in [-0.05, 0) is 37.5 Å². The number of hydrogen-bond donors (Lipinski definition) is 2. The molecule has 0 radical (unpaired) electrons. The molecule has 27 heavy (non-hydrogen) atoms. The van der Waals surface area contributed by atoms with Crippen molar-refractivity contribution in [1.82, 2.24) is 0 Å². The van der Waals surface area contributed by atoms with E-state index in [1.807, 2.05) is 12.2 Å². The average molecular weight is 403 g/mol. The van der Waals surface area contributed by atoms with Crippen LogP contribution in [0.2, 0.25) is 0 Å². The Kier molecular flexibility index (Phi) is 12.3. The number of aliphatic hydroxyl groups is 2. The Morgan fingerprint density at radius 1 is 1.26 bits per heavy atom. The van der Waals surface area contributed by atoms with Crippen LogP contribution in [0.1, 0.15) is 78.1 Å². The molecule has 1 saturated carbocycles. The molecule has 0 heterocycles. The van der Waals surface area contributed by atoms with Crippen molar-refractivity contribution in [2.45, 2.75) is 95.6 Å². The number of aliphatic hydroxyl groups excluding tert-OH is 2. The number of carbonyl (C=O) groups excluding carboxylic acids is 1. The Balaban J connectivity index is 2.43. The van der Waals surface area contributed by atoms with E-state index >= 15 is 0 Å². The molecule has 1 rings (SSSR count).